The third-order valence-corrected chi connectivity index (χ3v) is 2.31. The van der Waals surface area contributed by atoms with E-state index in [1.54, 1.807) is 6.92 Å². The lowest BCUT2D eigenvalue weighted by Crippen LogP contribution is -2.24. The zero-order valence-electron chi connectivity index (χ0n) is 9.21. The van der Waals surface area contributed by atoms with Crippen molar-refractivity contribution >= 4 is 11.6 Å². The van der Waals surface area contributed by atoms with Gasteiger partial charge in [0.15, 0.2) is 0 Å². The minimum Gasteiger partial charge on any atom is -0.366 e. The number of benzene rings is 1. The second-order valence-corrected chi connectivity index (χ2v) is 3.43. The van der Waals surface area contributed by atoms with Gasteiger partial charge in [0, 0.05) is 11.3 Å². The van der Waals surface area contributed by atoms with Crippen molar-refractivity contribution in [3.05, 3.63) is 29.3 Å². The normalized spacial score (nSPS) is 12.5. The number of primary amides is 1. The molecule has 1 aromatic rings. The summed E-state index contributed by atoms with van der Waals surface area (Å²) in [5.41, 5.74) is 5.95. The van der Waals surface area contributed by atoms with Crippen LogP contribution in [0.25, 0.3) is 0 Å². The van der Waals surface area contributed by atoms with Crippen molar-refractivity contribution in [2.24, 2.45) is 5.73 Å². The summed E-state index contributed by atoms with van der Waals surface area (Å²) >= 11 is 0. The van der Waals surface area contributed by atoms with Crippen LogP contribution in [0.4, 0.5) is 18.9 Å². The molecule has 0 aromatic heterocycles. The predicted octanol–water partition coefficient (Wildman–Crippen LogP) is 2.32. The summed E-state index contributed by atoms with van der Waals surface area (Å²) in [7, 11) is 0. The average molecular weight is 246 g/mol. The van der Waals surface area contributed by atoms with Gasteiger partial charge in [-0.1, -0.05) is 13.0 Å². The number of halogens is 3. The lowest BCUT2D eigenvalue weighted by molar-refractivity contribution is 0.0650. The Labute approximate surface area is 96.8 Å². The second kappa shape index (κ2) is 5.56. The second-order valence-electron chi connectivity index (χ2n) is 3.43. The number of hydrogen-bond acceptors (Lipinski definition) is 2. The molecule has 0 radical (unpaired) electrons. The minimum atomic E-state index is -3.13. The monoisotopic (exact) mass is 246 g/mol. The molecular weight excluding hydrogens is 233 g/mol. The number of amides is 1. The van der Waals surface area contributed by atoms with Crippen molar-refractivity contribution < 1.29 is 18.0 Å². The van der Waals surface area contributed by atoms with Gasteiger partial charge in [-0.3, -0.25) is 4.79 Å². The molecule has 1 aromatic carbocycles. The van der Waals surface area contributed by atoms with Crippen LogP contribution in [0.2, 0.25) is 0 Å². The molecule has 1 atom stereocenters. The SMILES string of the molecule is CCc1c(NC(F)C(F)F)cccc1C(N)=O. The van der Waals surface area contributed by atoms with Crippen molar-refractivity contribution in [2.45, 2.75) is 26.1 Å². The minimum absolute atomic E-state index is 0.164. The molecule has 0 saturated heterocycles. The summed E-state index contributed by atoms with van der Waals surface area (Å²) in [6.07, 6.45) is -5.21. The predicted molar refractivity (Wildman–Crippen MR) is 58.9 cm³/mol. The average Bonchev–Trinajstić information content (AvgIpc) is 2.28. The maximum Gasteiger partial charge on any atom is 0.287 e. The third kappa shape index (κ3) is 3.12. The van der Waals surface area contributed by atoms with Crippen LogP contribution in [0.5, 0.6) is 0 Å². The third-order valence-electron chi connectivity index (χ3n) is 2.31. The van der Waals surface area contributed by atoms with Crippen LogP contribution < -0.4 is 11.1 Å². The van der Waals surface area contributed by atoms with E-state index in [1.807, 2.05) is 5.32 Å². The highest BCUT2D eigenvalue weighted by Gasteiger charge is 2.20. The first-order valence-corrected chi connectivity index (χ1v) is 5.07. The number of carbonyl (C=O) groups is 1. The number of anilines is 1. The largest absolute Gasteiger partial charge is 0.366 e. The summed E-state index contributed by atoms with van der Waals surface area (Å²) < 4.78 is 37.0. The summed E-state index contributed by atoms with van der Waals surface area (Å²) in [6, 6.07) is 4.36. The van der Waals surface area contributed by atoms with Crippen LogP contribution in [-0.2, 0) is 6.42 Å². The molecule has 17 heavy (non-hydrogen) atoms. The summed E-state index contributed by atoms with van der Waals surface area (Å²) in [5.74, 6) is -0.669. The molecule has 6 heteroatoms. The van der Waals surface area contributed by atoms with E-state index in [9.17, 15) is 18.0 Å². The Morgan fingerprint density at radius 3 is 2.53 bits per heavy atom. The van der Waals surface area contributed by atoms with Gasteiger partial charge in [-0.2, -0.15) is 0 Å². The molecule has 1 unspecified atom stereocenters. The molecule has 1 amide bonds. The first-order valence-electron chi connectivity index (χ1n) is 5.07. The number of nitrogens with one attached hydrogen (secondary N) is 1. The highest BCUT2D eigenvalue weighted by atomic mass is 19.3. The zero-order chi connectivity index (χ0) is 13.0. The quantitative estimate of drug-likeness (QED) is 0.783. The molecule has 0 bridgehead atoms. The van der Waals surface area contributed by atoms with Crippen molar-refractivity contribution in [3.63, 3.8) is 0 Å². The number of hydrogen-bond donors (Lipinski definition) is 2. The lowest BCUT2D eigenvalue weighted by Gasteiger charge is -2.16. The van der Waals surface area contributed by atoms with Gasteiger partial charge in [-0.05, 0) is 24.1 Å². The highest BCUT2D eigenvalue weighted by molar-refractivity contribution is 5.95. The van der Waals surface area contributed by atoms with E-state index in [0.717, 1.165) is 0 Å². The van der Waals surface area contributed by atoms with Crippen LogP contribution in [0.3, 0.4) is 0 Å². The number of nitrogens with two attached hydrogens (primary N) is 1. The molecule has 0 heterocycles. The number of carbonyl (C=O) groups excluding carboxylic acids is 1. The van der Waals surface area contributed by atoms with E-state index in [1.165, 1.54) is 18.2 Å². The molecular formula is C11H13F3N2O. The van der Waals surface area contributed by atoms with Crippen LogP contribution in [0, 0.1) is 0 Å². The van der Waals surface area contributed by atoms with Gasteiger partial charge in [0.05, 0.1) is 0 Å². The highest BCUT2D eigenvalue weighted by Crippen LogP contribution is 2.22. The summed E-state index contributed by atoms with van der Waals surface area (Å²) in [5, 5.41) is 2.03. The molecule has 0 aliphatic heterocycles. The molecule has 0 fully saturated rings. The van der Waals surface area contributed by atoms with E-state index in [2.05, 4.69) is 0 Å². The Morgan fingerprint density at radius 2 is 2.06 bits per heavy atom. The van der Waals surface area contributed by atoms with E-state index in [4.69, 9.17) is 5.73 Å². The number of alkyl halides is 3. The van der Waals surface area contributed by atoms with Crippen LogP contribution in [0.1, 0.15) is 22.8 Å². The standard InChI is InChI=1S/C11H13F3N2O/c1-2-6-7(11(15)17)4-3-5-8(6)16-10(14)9(12)13/h3-5,9-10,16H,2H2,1H3,(H2,15,17). The van der Waals surface area contributed by atoms with Crippen molar-refractivity contribution in [1.29, 1.82) is 0 Å². The molecule has 0 aliphatic rings. The summed E-state index contributed by atoms with van der Waals surface area (Å²) in [4.78, 5) is 11.1. The van der Waals surface area contributed by atoms with Crippen LogP contribution >= 0.6 is 0 Å². The van der Waals surface area contributed by atoms with Crippen molar-refractivity contribution in [2.75, 3.05) is 5.32 Å². The van der Waals surface area contributed by atoms with E-state index in [-0.39, 0.29) is 11.3 Å². The molecule has 3 N–H and O–H groups in total. The number of rotatable bonds is 5. The maximum absolute atomic E-state index is 12.9. The molecule has 94 valence electrons. The van der Waals surface area contributed by atoms with Gasteiger partial charge < -0.3 is 11.1 Å². The van der Waals surface area contributed by atoms with E-state index in [0.29, 0.717) is 12.0 Å². The fraction of sp³-hybridized carbons (Fsp3) is 0.364. The molecule has 0 aliphatic carbocycles. The van der Waals surface area contributed by atoms with Gasteiger partial charge in [-0.15, -0.1) is 0 Å². The Hall–Kier alpha value is -1.72. The Balaban J connectivity index is 3.07. The molecule has 0 spiro atoms. The summed E-state index contributed by atoms with van der Waals surface area (Å²) in [6.45, 7) is 1.72. The first kappa shape index (κ1) is 13.3. The van der Waals surface area contributed by atoms with Crippen LogP contribution in [-0.4, -0.2) is 18.6 Å². The van der Waals surface area contributed by atoms with Crippen LogP contribution in [0.15, 0.2) is 18.2 Å². The van der Waals surface area contributed by atoms with Crippen molar-refractivity contribution in [1.82, 2.24) is 0 Å². The molecule has 3 nitrogen and oxygen atoms in total. The lowest BCUT2D eigenvalue weighted by atomic mass is 10.0. The van der Waals surface area contributed by atoms with Gasteiger partial charge in [0.2, 0.25) is 12.2 Å². The fourth-order valence-corrected chi connectivity index (χ4v) is 1.55. The Morgan fingerprint density at radius 1 is 1.41 bits per heavy atom. The fourth-order valence-electron chi connectivity index (χ4n) is 1.55. The van der Waals surface area contributed by atoms with Gasteiger partial charge in [-0.25, -0.2) is 13.2 Å². The van der Waals surface area contributed by atoms with Gasteiger partial charge >= 0.3 is 0 Å². The van der Waals surface area contributed by atoms with Gasteiger partial charge in [0.25, 0.3) is 6.43 Å². The molecule has 1 rings (SSSR count). The van der Waals surface area contributed by atoms with Crippen molar-refractivity contribution in [3.8, 4) is 0 Å². The Bertz CT molecular complexity index is 410. The first-order chi connectivity index (χ1) is 7.97. The Kier molecular flexibility index (Phi) is 4.37. The topological polar surface area (TPSA) is 55.1 Å². The maximum atomic E-state index is 12.9. The zero-order valence-corrected chi connectivity index (χ0v) is 9.21. The molecule has 0 saturated carbocycles. The smallest absolute Gasteiger partial charge is 0.287 e. The van der Waals surface area contributed by atoms with Gasteiger partial charge in [0.1, 0.15) is 0 Å². The van der Waals surface area contributed by atoms with E-state index >= 15 is 0 Å². The van der Waals surface area contributed by atoms with E-state index < -0.39 is 18.6 Å².